The summed E-state index contributed by atoms with van der Waals surface area (Å²) in [5.41, 5.74) is 1.56. The molecule has 0 saturated carbocycles. The zero-order valence-electron chi connectivity index (χ0n) is 13.2. The number of ether oxygens (including phenoxy) is 1. The molecular formula is C18H20N2O3. The summed E-state index contributed by atoms with van der Waals surface area (Å²) in [5, 5.41) is 3.83. The summed E-state index contributed by atoms with van der Waals surface area (Å²) in [6.45, 7) is 3.20. The Hall–Kier alpha value is -2.30. The van der Waals surface area contributed by atoms with Crippen LogP contribution in [0.3, 0.4) is 0 Å². The zero-order valence-corrected chi connectivity index (χ0v) is 13.2. The highest BCUT2D eigenvalue weighted by Crippen LogP contribution is 2.39. The van der Waals surface area contributed by atoms with Gasteiger partial charge in [-0.3, -0.25) is 4.79 Å². The van der Waals surface area contributed by atoms with Crippen molar-refractivity contribution in [2.45, 2.75) is 38.2 Å². The number of para-hydroxylation sites is 1. The number of rotatable bonds is 1. The summed E-state index contributed by atoms with van der Waals surface area (Å²) in [6.07, 6.45) is 3.80. The first kappa shape index (κ1) is 14.3. The van der Waals surface area contributed by atoms with E-state index in [9.17, 15) is 4.79 Å². The SMILES string of the molecule is Cc1cc(C(=O)N2CCC3(CCc4ccccc4O3)CC2)no1. The molecule has 0 unspecified atom stereocenters. The van der Waals surface area contributed by atoms with E-state index in [1.54, 1.807) is 13.0 Å². The molecule has 1 aromatic heterocycles. The molecule has 1 aromatic carbocycles. The maximum Gasteiger partial charge on any atom is 0.276 e. The summed E-state index contributed by atoms with van der Waals surface area (Å²) in [5.74, 6) is 1.62. The maximum atomic E-state index is 12.4. The fourth-order valence-corrected chi connectivity index (χ4v) is 3.56. The number of fused-ring (bicyclic) bond motifs is 1. The van der Waals surface area contributed by atoms with Crippen LogP contribution in [0.4, 0.5) is 0 Å². The Morgan fingerprint density at radius 2 is 2.00 bits per heavy atom. The number of aromatic nitrogens is 1. The van der Waals surface area contributed by atoms with Crippen LogP contribution in [0.2, 0.25) is 0 Å². The number of amides is 1. The van der Waals surface area contributed by atoms with Gasteiger partial charge in [0.1, 0.15) is 17.1 Å². The van der Waals surface area contributed by atoms with Gasteiger partial charge in [0.15, 0.2) is 5.69 Å². The van der Waals surface area contributed by atoms with Crippen molar-refractivity contribution < 1.29 is 14.1 Å². The number of carbonyl (C=O) groups is 1. The van der Waals surface area contributed by atoms with Crippen LogP contribution in [0.5, 0.6) is 5.75 Å². The molecule has 5 heteroatoms. The Bertz CT molecular complexity index is 729. The number of likely N-dealkylation sites (tertiary alicyclic amines) is 1. The summed E-state index contributed by atoms with van der Waals surface area (Å²) in [6, 6.07) is 9.95. The lowest BCUT2D eigenvalue weighted by atomic mass is 9.83. The summed E-state index contributed by atoms with van der Waals surface area (Å²) >= 11 is 0. The number of carbonyl (C=O) groups excluding carboxylic acids is 1. The molecule has 0 radical (unpaired) electrons. The van der Waals surface area contributed by atoms with Crippen LogP contribution >= 0.6 is 0 Å². The van der Waals surface area contributed by atoms with Crippen LogP contribution < -0.4 is 4.74 Å². The van der Waals surface area contributed by atoms with Crippen molar-refractivity contribution in [3.8, 4) is 5.75 Å². The second kappa shape index (κ2) is 5.41. The van der Waals surface area contributed by atoms with Gasteiger partial charge in [-0.05, 0) is 31.4 Å². The van der Waals surface area contributed by atoms with E-state index >= 15 is 0 Å². The number of hydrogen-bond acceptors (Lipinski definition) is 4. The Morgan fingerprint density at radius 1 is 1.22 bits per heavy atom. The van der Waals surface area contributed by atoms with Crippen molar-refractivity contribution in [1.82, 2.24) is 10.1 Å². The van der Waals surface area contributed by atoms with Crippen molar-refractivity contribution in [3.05, 3.63) is 47.3 Å². The average Bonchev–Trinajstić information content (AvgIpc) is 3.01. The molecule has 120 valence electrons. The number of benzene rings is 1. The van der Waals surface area contributed by atoms with Gasteiger partial charge in [0.25, 0.3) is 5.91 Å². The molecule has 2 aliphatic heterocycles. The van der Waals surface area contributed by atoms with Gasteiger partial charge < -0.3 is 14.2 Å². The third kappa shape index (κ3) is 2.60. The molecule has 1 fully saturated rings. The van der Waals surface area contributed by atoms with Gasteiger partial charge in [-0.15, -0.1) is 0 Å². The second-order valence-corrected chi connectivity index (χ2v) is 6.51. The summed E-state index contributed by atoms with van der Waals surface area (Å²) in [4.78, 5) is 14.3. The first-order valence-corrected chi connectivity index (χ1v) is 8.15. The minimum atomic E-state index is -0.120. The molecule has 0 atom stereocenters. The molecule has 0 aliphatic carbocycles. The average molecular weight is 312 g/mol. The van der Waals surface area contributed by atoms with Crippen LogP contribution in [0, 0.1) is 6.92 Å². The fraction of sp³-hybridized carbons (Fsp3) is 0.444. The van der Waals surface area contributed by atoms with Crippen LogP contribution in [0.25, 0.3) is 0 Å². The van der Waals surface area contributed by atoms with Gasteiger partial charge in [0, 0.05) is 32.0 Å². The molecule has 23 heavy (non-hydrogen) atoms. The number of piperidine rings is 1. The van der Waals surface area contributed by atoms with Crippen molar-refractivity contribution in [2.75, 3.05) is 13.1 Å². The molecule has 5 nitrogen and oxygen atoms in total. The lowest BCUT2D eigenvalue weighted by Crippen LogP contribution is -2.51. The predicted octanol–water partition coefficient (Wildman–Crippen LogP) is 2.98. The molecule has 4 rings (SSSR count). The molecule has 3 heterocycles. The van der Waals surface area contributed by atoms with E-state index in [0.29, 0.717) is 24.5 Å². The monoisotopic (exact) mass is 312 g/mol. The highest BCUT2D eigenvalue weighted by Gasteiger charge is 2.40. The lowest BCUT2D eigenvalue weighted by molar-refractivity contribution is -0.0109. The van der Waals surface area contributed by atoms with Gasteiger partial charge in [0.05, 0.1) is 0 Å². The summed E-state index contributed by atoms with van der Waals surface area (Å²) in [7, 11) is 0. The highest BCUT2D eigenvalue weighted by molar-refractivity contribution is 5.92. The standard InChI is InChI=1S/C18H20N2O3/c1-13-12-15(19-23-13)17(21)20-10-8-18(9-11-20)7-6-14-4-2-3-5-16(14)22-18/h2-5,12H,6-11H2,1H3. The molecule has 0 bridgehead atoms. The van der Waals surface area contributed by atoms with Crippen LogP contribution in [0.15, 0.2) is 34.9 Å². The van der Waals surface area contributed by atoms with Gasteiger partial charge in [-0.1, -0.05) is 23.4 Å². The van der Waals surface area contributed by atoms with Gasteiger partial charge in [0.2, 0.25) is 0 Å². The van der Waals surface area contributed by atoms with Crippen molar-refractivity contribution in [1.29, 1.82) is 0 Å². The molecule has 1 spiro atoms. The highest BCUT2D eigenvalue weighted by atomic mass is 16.5. The number of nitrogens with zero attached hydrogens (tertiary/aromatic N) is 2. The van der Waals surface area contributed by atoms with Crippen molar-refractivity contribution in [3.63, 3.8) is 0 Å². The topological polar surface area (TPSA) is 55.6 Å². The maximum absolute atomic E-state index is 12.4. The Labute approximate surface area is 135 Å². The minimum Gasteiger partial charge on any atom is -0.487 e. The van der Waals surface area contributed by atoms with E-state index in [1.165, 1.54) is 5.56 Å². The van der Waals surface area contributed by atoms with Crippen LogP contribution in [-0.2, 0) is 6.42 Å². The quantitative estimate of drug-likeness (QED) is 0.812. The molecule has 1 amide bonds. The number of aryl methyl sites for hydroxylation is 2. The third-order valence-corrected chi connectivity index (χ3v) is 4.96. The summed E-state index contributed by atoms with van der Waals surface area (Å²) < 4.78 is 11.3. The van der Waals surface area contributed by atoms with Gasteiger partial charge in [-0.25, -0.2) is 0 Å². The van der Waals surface area contributed by atoms with E-state index in [0.717, 1.165) is 31.4 Å². The molecule has 0 N–H and O–H groups in total. The van der Waals surface area contributed by atoms with E-state index < -0.39 is 0 Å². The van der Waals surface area contributed by atoms with E-state index in [4.69, 9.17) is 9.26 Å². The first-order chi connectivity index (χ1) is 11.2. The van der Waals surface area contributed by atoms with Crippen molar-refractivity contribution in [2.24, 2.45) is 0 Å². The molecular weight excluding hydrogens is 292 g/mol. The van der Waals surface area contributed by atoms with Gasteiger partial charge >= 0.3 is 0 Å². The molecule has 2 aromatic rings. The minimum absolute atomic E-state index is 0.0482. The first-order valence-electron chi connectivity index (χ1n) is 8.15. The van der Waals surface area contributed by atoms with Crippen molar-refractivity contribution >= 4 is 5.91 Å². The smallest absolute Gasteiger partial charge is 0.276 e. The molecule has 2 aliphatic rings. The van der Waals surface area contributed by atoms with Crippen LogP contribution in [-0.4, -0.2) is 34.7 Å². The zero-order chi connectivity index (χ0) is 15.9. The Kier molecular flexibility index (Phi) is 3.36. The van der Waals surface area contributed by atoms with Gasteiger partial charge in [-0.2, -0.15) is 0 Å². The molecule has 1 saturated heterocycles. The van der Waals surface area contributed by atoms with Crippen LogP contribution in [0.1, 0.15) is 41.1 Å². The number of hydrogen-bond donors (Lipinski definition) is 0. The Balaban J connectivity index is 1.44. The third-order valence-electron chi connectivity index (χ3n) is 4.96. The lowest BCUT2D eigenvalue weighted by Gasteiger charge is -2.44. The largest absolute Gasteiger partial charge is 0.487 e. The normalized spacial score (nSPS) is 19.3. The van der Waals surface area contributed by atoms with E-state index in [-0.39, 0.29) is 11.5 Å². The van der Waals surface area contributed by atoms with E-state index in [2.05, 4.69) is 17.3 Å². The predicted molar refractivity (Wildman–Crippen MR) is 84.5 cm³/mol. The fourth-order valence-electron chi connectivity index (χ4n) is 3.56. The Morgan fingerprint density at radius 3 is 2.74 bits per heavy atom. The van der Waals surface area contributed by atoms with E-state index in [1.807, 2.05) is 17.0 Å². The second-order valence-electron chi connectivity index (χ2n) is 6.51.